The molecule has 2 aromatic rings. The Balaban J connectivity index is 1.66. The second kappa shape index (κ2) is 10.2. The molecule has 1 aromatic carbocycles. The van der Waals surface area contributed by atoms with Gasteiger partial charge in [-0.1, -0.05) is 36.4 Å². The first-order chi connectivity index (χ1) is 15.3. The van der Waals surface area contributed by atoms with Crippen LogP contribution in [0.4, 0.5) is 17.3 Å². The highest BCUT2D eigenvalue weighted by Crippen LogP contribution is 2.27. The SMILES string of the molecule is C=C(/C=C(C)\C=C/C)CC(=O)Nc1ccc(C)c(C(C)Nc2cnc3c(n2)[N+](CC)=C3)c1. The number of amides is 1. The quantitative estimate of drug-likeness (QED) is 0.409. The number of nitrogens with one attached hydrogen (secondary N) is 2. The van der Waals surface area contributed by atoms with Crippen molar-refractivity contribution >= 4 is 29.4 Å². The molecule has 166 valence electrons. The number of fused-ring (bicyclic) bond motifs is 1. The first kappa shape index (κ1) is 23.1. The van der Waals surface area contributed by atoms with Gasteiger partial charge in [0.2, 0.25) is 5.91 Å². The largest absolute Gasteiger partial charge is 0.355 e. The Morgan fingerprint density at radius 2 is 2.12 bits per heavy atom. The van der Waals surface area contributed by atoms with E-state index >= 15 is 0 Å². The normalized spacial score (nSPS) is 13.8. The Morgan fingerprint density at radius 1 is 1.34 bits per heavy atom. The van der Waals surface area contributed by atoms with E-state index in [1.807, 2.05) is 56.5 Å². The van der Waals surface area contributed by atoms with Gasteiger partial charge in [-0.2, -0.15) is 0 Å². The molecular formula is C26H32N5O+. The van der Waals surface area contributed by atoms with E-state index in [1.54, 1.807) is 6.20 Å². The number of anilines is 2. The van der Waals surface area contributed by atoms with E-state index < -0.39 is 0 Å². The molecule has 0 aliphatic carbocycles. The maximum atomic E-state index is 12.5. The number of aryl methyl sites for hydroxylation is 1. The maximum Gasteiger partial charge on any atom is 0.355 e. The van der Waals surface area contributed by atoms with Gasteiger partial charge in [-0.3, -0.25) is 4.79 Å². The molecule has 3 rings (SSSR count). The summed E-state index contributed by atoms with van der Waals surface area (Å²) in [5, 5.41) is 6.43. The van der Waals surface area contributed by atoms with Gasteiger partial charge in [-0.15, -0.1) is 0 Å². The fourth-order valence-electron chi connectivity index (χ4n) is 3.72. The lowest BCUT2D eigenvalue weighted by molar-refractivity contribution is -0.447. The van der Waals surface area contributed by atoms with Gasteiger partial charge in [0, 0.05) is 5.69 Å². The van der Waals surface area contributed by atoms with Crippen LogP contribution in [0.3, 0.4) is 0 Å². The van der Waals surface area contributed by atoms with Crippen molar-refractivity contribution < 1.29 is 9.37 Å². The summed E-state index contributed by atoms with van der Waals surface area (Å²) in [6, 6.07) is 5.95. The number of carbonyl (C=O) groups is 1. The minimum absolute atomic E-state index is 0.000265. The zero-order chi connectivity index (χ0) is 23.3. The van der Waals surface area contributed by atoms with Crippen LogP contribution in [0.5, 0.6) is 0 Å². The number of allylic oxidation sites excluding steroid dienone is 4. The van der Waals surface area contributed by atoms with Gasteiger partial charge in [0.1, 0.15) is 6.21 Å². The van der Waals surface area contributed by atoms with Gasteiger partial charge in [0.05, 0.1) is 25.2 Å². The van der Waals surface area contributed by atoms with Crippen LogP contribution in [0.15, 0.2) is 60.3 Å². The van der Waals surface area contributed by atoms with Crippen LogP contribution in [0.2, 0.25) is 0 Å². The maximum absolute atomic E-state index is 12.5. The summed E-state index contributed by atoms with van der Waals surface area (Å²) < 4.78 is 2.07. The number of benzene rings is 1. The van der Waals surface area contributed by atoms with Crippen molar-refractivity contribution in [1.29, 1.82) is 0 Å². The van der Waals surface area contributed by atoms with Crippen LogP contribution >= 0.6 is 0 Å². The third kappa shape index (κ3) is 5.58. The summed E-state index contributed by atoms with van der Waals surface area (Å²) in [5.41, 5.74) is 5.76. The van der Waals surface area contributed by atoms with Crippen LogP contribution < -0.4 is 10.6 Å². The van der Waals surface area contributed by atoms with Gasteiger partial charge in [-0.25, -0.2) is 9.56 Å². The van der Waals surface area contributed by atoms with Crippen LogP contribution in [0.1, 0.15) is 57.0 Å². The number of hydrogen-bond donors (Lipinski definition) is 2. The number of aromatic nitrogens is 2. The van der Waals surface area contributed by atoms with Gasteiger partial charge in [0.25, 0.3) is 5.82 Å². The summed E-state index contributed by atoms with van der Waals surface area (Å²) in [6.45, 7) is 15.1. The topological polar surface area (TPSA) is 69.9 Å². The standard InChI is InChI=1S/C26H31N5O/c1-7-9-17(3)12-18(4)13-25(32)29-21-11-10-19(5)22(14-21)20(6)28-24-15-27-23-16-31(8-2)26(23)30-24/h7,9-12,14-16,20H,4,8,13H2,1-3,5-6H3,(H,29,32)/p+1/b9-7-,17-12-. The number of nitrogens with zero attached hydrogens (tertiary/aromatic N) is 3. The first-order valence-electron chi connectivity index (χ1n) is 10.9. The van der Waals surface area contributed by atoms with Crippen molar-refractivity contribution in [3.05, 3.63) is 77.2 Å². The zero-order valence-electron chi connectivity index (χ0n) is 19.6. The third-order valence-electron chi connectivity index (χ3n) is 5.32. The van der Waals surface area contributed by atoms with E-state index in [4.69, 9.17) is 0 Å². The van der Waals surface area contributed by atoms with Gasteiger partial charge in [-0.05, 0) is 68.4 Å². The first-order valence-corrected chi connectivity index (χ1v) is 10.9. The van der Waals surface area contributed by atoms with Crippen molar-refractivity contribution in [1.82, 2.24) is 9.97 Å². The zero-order valence-corrected chi connectivity index (χ0v) is 19.6. The van der Waals surface area contributed by atoms with Crippen molar-refractivity contribution in [3.8, 4) is 0 Å². The Morgan fingerprint density at radius 3 is 2.84 bits per heavy atom. The summed E-state index contributed by atoms with van der Waals surface area (Å²) in [5.74, 6) is 1.55. The van der Waals surface area contributed by atoms with Gasteiger partial charge in [0.15, 0.2) is 5.69 Å². The molecule has 1 aromatic heterocycles. The Bertz CT molecular complexity index is 1130. The number of hydrogen-bond acceptors (Lipinski definition) is 4. The predicted octanol–water partition coefficient (Wildman–Crippen LogP) is 5.46. The molecule has 0 spiro atoms. The lowest BCUT2D eigenvalue weighted by Gasteiger charge is -2.18. The van der Waals surface area contributed by atoms with E-state index in [9.17, 15) is 4.79 Å². The van der Waals surface area contributed by atoms with E-state index in [1.165, 1.54) is 0 Å². The molecule has 1 atom stereocenters. The molecule has 6 heteroatoms. The lowest BCUT2D eigenvalue weighted by Crippen LogP contribution is -2.22. The minimum Gasteiger partial charge on any atom is -0.341 e. The highest BCUT2D eigenvalue weighted by molar-refractivity contribution is 5.92. The monoisotopic (exact) mass is 430 g/mol. The lowest BCUT2D eigenvalue weighted by atomic mass is 10.0. The summed E-state index contributed by atoms with van der Waals surface area (Å²) in [4.78, 5) is 21.6. The Labute approximate surface area is 190 Å². The second-order valence-electron chi connectivity index (χ2n) is 8.09. The molecule has 1 amide bonds. The number of carbonyl (C=O) groups excluding carboxylic acids is 1. The smallest absolute Gasteiger partial charge is 0.341 e. The van der Waals surface area contributed by atoms with E-state index in [-0.39, 0.29) is 18.4 Å². The molecule has 2 N–H and O–H groups in total. The fraction of sp³-hybridized carbons (Fsp3) is 0.308. The van der Waals surface area contributed by atoms with Crippen molar-refractivity contribution in [2.75, 3.05) is 17.2 Å². The Kier molecular flexibility index (Phi) is 7.36. The van der Waals surface area contributed by atoms with Crippen LogP contribution in [0.25, 0.3) is 0 Å². The fourth-order valence-corrected chi connectivity index (χ4v) is 3.72. The highest BCUT2D eigenvalue weighted by atomic mass is 16.1. The number of rotatable bonds is 9. The van der Waals surface area contributed by atoms with Crippen molar-refractivity contribution in [2.24, 2.45) is 0 Å². The Hall–Kier alpha value is -3.54. The van der Waals surface area contributed by atoms with E-state index in [0.29, 0.717) is 0 Å². The molecule has 2 heterocycles. The summed E-state index contributed by atoms with van der Waals surface area (Å²) in [6.07, 6.45) is 9.89. The molecule has 32 heavy (non-hydrogen) atoms. The summed E-state index contributed by atoms with van der Waals surface area (Å²) in [7, 11) is 0. The molecule has 0 bridgehead atoms. The van der Waals surface area contributed by atoms with Crippen molar-refractivity contribution in [2.45, 2.75) is 47.1 Å². The predicted molar refractivity (Wildman–Crippen MR) is 132 cm³/mol. The highest BCUT2D eigenvalue weighted by Gasteiger charge is 2.28. The molecule has 1 aliphatic rings. The van der Waals surface area contributed by atoms with Gasteiger partial charge < -0.3 is 10.6 Å². The molecule has 0 fully saturated rings. The molecule has 0 saturated carbocycles. The molecule has 0 radical (unpaired) electrons. The summed E-state index contributed by atoms with van der Waals surface area (Å²) >= 11 is 0. The molecular weight excluding hydrogens is 398 g/mol. The van der Waals surface area contributed by atoms with Crippen LogP contribution in [-0.4, -0.2) is 33.2 Å². The van der Waals surface area contributed by atoms with Crippen molar-refractivity contribution in [3.63, 3.8) is 0 Å². The molecule has 1 unspecified atom stereocenters. The van der Waals surface area contributed by atoms with E-state index in [2.05, 4.69) is 52.5 Å². The molecule has 1 aliphatic heterocycles. The second-order valence-corrected chi connectivity index (χ2v) is 8.09. The van der Waals surface area contributed by atoms with Gasteiger partial charge >= 0.3 is 5.82 Å². The third-order valence-corrected chi connectivity index (χ3v) is 5.32. The average molecular weight is 431 g/mol. The van der Waals surface area contributed by atoms with Crippen LogP contribution in [0, 0.1) is 6.92 Å². The molecule has 6 nitrogen and oxygen atoms in total. The molecule has 0 saturated heterocycles. The average Bonchev–Trinajstić information content (AvgIpc) is 2.71. The van der Waals surface area contributed by atoms with E-state index in [0.717, 1.165) is 51.8 Å². The minimum atomic E-state index is -0.0842. The van der Waals surface area contributed by atoms with Crippen LogP contribution in [-0.2, 0) is 4.79 Å².